The first-order valence-corrected chi connectivity index (χ1v) is 10.6. The minimum absolute atomic E-state index is 0.634. The number of hydrogen-bond donors (Lipinski definition) is 3. The molecule has 9 nitrogen and oxygen atoms in total. The minimum atomic E-state index is 0.634. The number of piperazine rings is 1. The number of nitrogens with one attached hydrogen (secondary N) is 2. The smallest absolute Gasteiger partial charge is 0.161 e. The van der Waals surface area contributed by atoms with Gasteiger partial charge in [-0.2, -0.15) is 5.10 Å². The fraction of sp³-hybridized carbons (Fsp3) is 0.217. The Balaban J connectivity index is 1.44. The number of pyridine rings is 2. The Kier molecular flexibility index (Phi) is 4.29. The molecule has 0 unspecified atom stereocenters. The van der Waals surface area contributed by atoms with E-state index in [1.54, 1.807) is 6.20 Å². The highest BCUT2D eigenvalue weighted by atomic mass is 15.3. The summed E-state index contributed by atoms with van der Waals surface area (Å²) in [6.45, 7) is 4.01. The Morgan fingerprint density at radius 3 is 2.72 bits per heavy atom. The van der Waals surface area contributed by atoms with Crippen molar-refractivity contribution in [1.82, 2.24) is 35.0 Å². The number of imidazole rings is 1. The van der Waals surface area contributed by atoms with Gasteiger partial charge in [0.1, 0.15) is 11.2 Å². The molecule has 5 aromatic rings. The summed E-state index contributed by atoms with van der Waals surface area (Å²) in [6, 6.07) is 10.1. The number of hydrogen-bond acceptors (Lipinski definition) is 7. The lowest BCUT2D eigenvalue weighted by atomic mass is 10.0. The normalized spacial score (nSPS) is 15.1. The lowest BCUT2D eigenvalue weighted by Gasteiger charge is -2.33. The molecule has 0 amide bonds. The molecule has 6 rings (SSSR count). The van der Waals surface area contributed by atoms with Crippen molar-refractivity contribution in [2.24, 2.45) is 0 Å². The van der Waals surface area contributed by atoms with Crippen molar-refractivity contribution in [3.63, 3.8) is 0 Å². The molecular formula is C23H23N9. The summed E-state index contributed by atoms with van der Waals surface area (Å²) in [6.07, 6.45) is 5.29. The van der Waals surface area contributed by atoms with E-state index in [9.17, 15) is 0 Å². The second-order valence-corrected chi connectivity index (χ2v) is 8.24. The van der Waals surface area contributed by atoms with Crippen LogP contribution in [0.2, 0.25) is 0 Å². The van der Waals surface area contributed by atoms with Gasteiger partial charge in [0.25, 0.3) is 0 Å². The molecule has 1 saturated heterocycles. The molecule has 9 heteroatoms. The zero-order valence-electron chi connectivity index (χ0n) is 17.7. The van der Waals surface area contributed by atoms with Crippen molar-refractivity contribution in [2.45, 2.75) is 0 Å². The Morgan fingerprint density at radius 1 is 1.00 bits per heavy atom. The van der Waals surface area contributed by atoms with Gasteiger partial charge in [-0.25, -0.2) is 9.97 Å². The van der Waals surface area contributed by atoms with Crippen LogP contribution in [0.3, 0.4) is 0 Å². The molecule has 1 aliphatic heterocycles. The average Bonchev–Trinajstić information content (AvgIpc) is 3.43. The summed E-state index contributed by atoms with van der Waals surface area (Å²) in [5.74, 6) is 0.697. The van der Waals surface area contributed by atoms with E-state index < -0.39 is 0 Å². The molecule has 1 aromatic carbocycles. The Morgan fingerprint density at radius 2 is 1.88 bits per heavy atom. The second-order valence-electron chi connectivity index (χ2n) is 8.24. The SMILES string of the molecule is CN1CCN(c2ccnc3[nH]c(-c4n[nH]c5ccc(-c6cncc(N)c6)cc45)nc23)CC1. The van der Waals surface area contributed by atoms with E-state index >= 15 is 0 Å². The fourth-order valence-corrected chi connectivity index (χ4v) is 4.30. The van der Waals surface area contributed by atoms with Crippen LogP contribution in [0.1, 0.15) is 0 Å². The maximum absolute atomic E-state index is 5.93. The molecule has 1 aliphatic rings. The molecule has 0 saturated carbocycles. The molecule has 1 fully saturated rings. The maximum atomic E-state index is 5.93. The van der Waals surface area contributed by atoms with Crippen molar-refractivity contribution in [2.75, 3.05) is 43.9 Å². The molecule has 160 valence electrons. The zero-order valence-corrected chi connectivity index (χ0v) is 17.7. The van der Waals surface area contributed by atoms with Crippen molar-refractivity contribution in [3.05, 3.63) is 48.9 Å². The zero-order chi connectivity index (χ0) is 21.7. The lowest BCUT2D eigenvalue weighted by molar-refractivity contribution is 0.313. The number of nitrogens with two attached hydrogens (primary N) is 1. The van der Waals surface area contributed by atoms with Crippen molar-refractivity contribution >= 4 is 33.4 Å². The summed E-state index contributed by atoms with van der Waals surface area (Å²) in [7, 11) is 2.16. The van der Waals surface area contributed by atoms with E-state index in [-0.39, 0.29) is 0 Å². The first-order chi connectivity index (χ1) is 15.7. The molecule has 32 heavy (non-hydrogen) atoms. The first-order valence-electron chi connectivity index (χ1n) is 10.6. The van der Waals surface area contributed by atoms with Crippen LogP contribution < -0.4 is 10.6 Å². The molecule has 4 N–H and O–H groups in total. The number of aromatic nitrogens is 6. The van der Waals surface area contributed by atoms with Crippen molar-refractivity contribution < 1.29 is 0 Å². The van der Waals surface area contributed by atoms with Crippen molar-refractivity contribution in [1.29, 1.82) is 0 Å². The molecule has 5 heterocycles. The number of H-pyrrole nitrogens is 2. The summed E-state index contributed by atoms with van der Waals surface area (Å²) in [5.41, 5.74) is 13.0. The number of aromatic amines is 2. The van der Waals surface area contributed by atoms with Gasteiger partial charge in [-0.1, -0.05) is 6.07 Å². The summed E-state index contributed by atoms with van der Waals surface area (Å²) in [5, 5.41) is 8.65. The number of nitrogens with zero attached hydrogens (tertiary/aromatic N) is 6. The first kappa shape index (κ1) is 18.8. The standard InChI is InChI=1S/C23H23N9/c1-31-6-8-32(9-7-31)19-4-5-26-22-21(19)27-23(28-22)20-17-11-14(2-3-18(17)29-30-20)15-10-16(24)13-25-12-15/h2-5,10-13H,6-9,24H2,1H3,(H,29,30)(H,26,27,28). The van der Waals surface area contributed by atoms with Crippen LogP contribution >= 0.6 is 0 Å². The van der Waals surface area contributed by atoms with E-state index in [0.29, 0.717) is 11.5 Å². The third-order valence-electron chi connectivity index (χ3n) is 6.09. The molecule has 0 aliphatic carbocycles. The van der Waals surface area contributed by atoms with E-state index in [0.717, 1.165) is 70.8 Å². The highest BCUT2D eigenvalue weighted by Gasteiger charge is 2.20. The monoisotopic (exact) mass is 425 g/mol. The van der Waals surface area contributed by atoms with Crippen LogP contribution in [0, 0.1) is 0 Å². The molecule has 0 bridgehead atoms. The minimum Gasteiger partial charge on any atom is -0.397 e. The van der Waals surface area contributed by atoms with Crippen LogP contribution in [-0.2, 0) is 0 Å². The molecule has 0 radical (unpaired) electrons. The van der Waals surface area contributed by atoms with Crippen LogP contribution in [0.15, 0.2) is 48.9 Å². The molecular weight excluding hydrogens is 402 g/mol. The molecule has 4 aromatic heterocycles. The van der Waals surface area contributed by atoms with E-state index in [1.807, 2.05) is 36.7 Å². The van der Waals surface area contributed by atoms with Gasteiger partial charge in [0.15, 0.2) is 11.5 Å². The number of anilines is 2. The number of nitrogen functional groups attached to an aromatic ring is 1. The van der Waals surface area contributed by atoms with Crippen LogP contribution in [0.25, 0.3) is 44.7 Å². The number of likely N-dealkylation sites (N-methyl/N-ethyl adjacent to an activating group) is 1. The summed E-state index contributed by atoms with van der Waals surface area (Å²) in [4.78, 5) is 21.8. The second kappa shape index (κ2) is 7.31. The summed E-state index contributed by atoms with van der Waals surface area (Å²) >= 11 is 0. The Bertz CT molecular complexity index is 1430. The van der Waals surface area contributed by atoms with Crippen LogP contribution in [0.4, 0.5) is 11.4 Å². The van der Waals surface area contributed by atoms with Gasteiger partial charge in [0, 0.05) is 55.7 Å². The van der Waals surface area contributed by atoms with Gasteiger partial charge in [0.2, 0.25) is 0 Å². The number of rotatable bonds is 3. The third kappa shape index (κ3) is 3.14. The molecule has 0 atom stereocenters. The molecule has 0 spiro atoms. The predicted octanol–water partition coefficient (Wildman–Crippen LogP) is 2.90. The van der Waals surface area contributed by atoms with Gasteiger partial charge in [-0.05, 0) is 36.9 Å². The number of fused-ring (bicyclic) bond motifs is 2. The van der Waals surface area contributed by atoms with Gasteiger partial charge >= 0.3 is 0 Å². The predicted molar refractivity (Wildman–Crippen MR) is 126 cm³/mol. The van der Waals surface area contributed by atoms with Gasteiger partial charge in [-0.15, -0.1) is 0 Å². The van der Waals surface area contributed by atoms with Gasteiger partial charge < -0.3 is 20.5 Å². The van der Waals surface area contributed by atoms with Crippen molar-refractivity contribution in [3.8, 4) is 22.6 Å². The quantitative estimate of drug-likeness (QED) is 0.407. The topological polar surface area (TPSA) is 116 Å². The fourth-order valence-electron chi connectivity index (χ4n) is 4.30. The third-order valence-corrected chi connectivity index (χ3v) is 6.09. The largest absolute Gasteiger partial charge is 0.397 e. The van der Waals surface area contributed by atoms with E-state index in [1.165, 1.54) is 0 Å². The average molecular weight is 426 g/mol. The maximum Gasteiger partial charge on any atom is 0.161 e. The highest BCUT2D eigenvalue weighted by molar-refractivity contribution is 5.96. The Labute approximate surface area is 184 Å². The highest BCUT2D eigenvalue weighted by Crippen LogP contribution is 2.32. The Hall–Kier alpha value is -3.98. The van der Waals surface area contributed by atoms with Crippen LogP contribution in [0.5, 0.6) is 0 Å². The van der Waals surface area contributed by atoms with E-state index in [2.05, 4.69) is 48.1 Å². The van der Waals surface area contributed by atoms with Gasteiger partial charge in [-0.3, -0.25) is 10.1 Å². The van der Waals surface area contributed by atoms with Crippen LogP contribution in [-0.4, -0.2) is 68.3 Å². The number of benzene rings is 1. The lowest BCUT2D eigenvalue weighted by Crippen LogP contribution is -2.44. The summed E-state index contributed by atoms with van der Waals surface area (Å²) < 4.78 is 0. The van der Waals surface area contributed by atoms with Gasteiger partial charge in [0.05, 0.1) is 16.9 Å². The van der Waals surface area contributed by atoms with E-state index in [4.69, 9.17) is 10.7 Å².